The SMILES string of the molecule is COC(=O)c1c(NCc2ccccc2)nc(N2CCN(C)CC2)nc1SCc1ccccc1. The van der Waals surface area contributed by atoms with E-state index in [1.54, 1.807) is 0 Å². The molecule has 0 spiro atoms. The predicted molar refractivity (Wildman–Crippen MR) is 133 cm³/mol. The standard InChI is InChI=1S/C25H29N5O2S/c1-29-13-15-30(16-14-29)25-27-22(26-17-19-9-5-3-6-10-19)21(24(31)32-2)23(28-25)33-18-20-11-7-4-8-12-20/h3-12H,13-18H2,1-2H3,(H,26,27,28). The molecule has 2 heterocycles. The van der Waals surface area contributed by atoms with Crippen molar-refractivity contribution < 1.29 is 9.53 Å². The molecule has 0 saturated carbocycles. The van der Waals surface area contributed by atoms with E-state index in [1.807, 2.05) is 48.5 Å². The molecule has 172 valence electrons. The molecule has 0 bridgehead atoms. The highest BCUT2D eigenvalue weighted by atomic mass is 32.2. The third kappa shape index (κ3) is 6.03. The summed E-state index contributed by atoms with van der Waals surface area (Å²) < 4.78 is 5.13. The molecule has 7 nitrogen and oxygen atoms in total. The molecule has 1 saturated heterocycles. The first kappa shape index (κ1) is 23.1. The quantitative estimate of drug-likeness (QED) is 0.306. The predicted octanol–water partition coefficient (Wildman–Crippen LogP) is 3.92. The van der Waals surface area contributed by atoms with Gasteiger partial charge in [-0.15, -0.1) is 11.8 Å². The van der Waals surface area contributed by atoms with E-state index in [-0.39, 0.29) is 0 Å². The van der Waals surface area contributed by atoms with Gasteiger partial charge in [0.2, 0.25) is 5.95 Å². The number of piperazine rings is 1. The first-order chi connectivity index (χ1) is 16.1. The van der Waals surface area contributed by atoms with Crippen molar-refractivity contribution in [2.75, 3.05) is 50.6 Å². The van der Waals surface area contributed by atoms with Gasteiger partial charge in [-0.05, 0) is 18.2 Å². The molecule has 3 aromatic rings. The minimum atomic E-state index is -0.439. The van der Waals surface area contributed by atoms with Crippen molar-refractivity contribution in [2.45, 2.75) is 17.3 Å². The summed E-state index contributed by atoms with van der Waals surface area (Å²) in [5, 5.41) is 4.00. The average molecular weight is 464 g/mol. The summed E-state index contributed by atoms with van der Waals surface area (Å²) in [7, 11) is 3.51. The summed E-state index contributed by atoms with van der Waals surface area (Å²) in [5.74, 6) is 1.40. The molecule has 1 N–H and O–H groups in total. The number of anilines is 2. The lowest BCUT2D eigenvalue weighted by molar-refractivity contribution is 0.0596. The number of hydrogen-bond donors (Lipinski definition) is 1. The van der Waals surface area contributed by atoms with Gasteiger partial charge >= 0.3 is 5.97 Å². The molecule has 8 heteroatoms. The number of ether oxygens (including phenoxy) is 1. The number of aromatic nitrogens is 2. The van der Waals surface area contributed by atoms with Crippen LogP contribution in [0.3, 0.4) is 0 Å². The van der Waals surface area contributed by atoms with Gasteiger partial charge < -0.3 is 19.9 Å². The van der Waals surface area contributed by atoms with Crippen molar-refractivity contribution in [3.05, 3.63) is 77.4 Å². The maximum absolute atomic E-state index is 12.8. The average Bonchev–Trinajstić information content (AvgIpc) is 2.87. The first-order valence-electron chi connectivity index (χ1n) is 11.0. The number of esters is 1. The molecule has 1 aliphatic rings. The zero-order valence-electron chi connectivity index (χ0n) is 19.0. The van der Waals surface area contributed by atoms with Crippen molar-refractivity contribution in [2.24, 2.45) is 0 Å². The summed E-state index contributed by atoms with van der Waals surface area (Å²) in [5.41, 5.74) is 2.65. The minimum absolute atomic E-state index is 0.382. The second kappa shape index (κ2) is 11.2. The Bertz CT molecular complexity index is 992. The van der Waals surface area contributed by atoms with Crippen LogP contribution in [0.5, 0.6) is 0 Å². The highest BCUT2D eigenvalue weighted by Gasteiger charge is 2.25. The van der Waals surface area contributed by atoms with Crippen LogP contribution in [-0.2, 0) is 17.0 Å². The van der Waals surface area contributed by atoms with Gasteiger partial charge in [0.25, 0.3) is 0 Å². The summed E-state index contributed by atoms with van der Waals surface area (Å²) >= 11 is 1.53. The van der Waals surface area contributed by atoms with Crippen LogP contribution >= 0.6 is 11.8 Å². The van der Waals surface area contributed by atoms with E-state index in [2.05, 4.69) is 34.3 Å². The summed E-state index contributed by atoms with van der Waals surface area (Å²) in [6, 6.07) is 20.2. The topological polar surface area (TPSA) is 70.6 Å². The van der Waals surface area contributed by atoms with Gasteiger partial charge in [-0.3, -0.25) is 0 Å². The first-order valence-corrected chi connectivity index (χ1v) is 12.0. The number of carbonyl (C=O) groups excluding carboxylic acids is 1. The van der Waals surface area contributed by atoms with E-state index >= 15 is 0 Å². The lowest BCUT2D eigenvalue weighted by Gasteiger charge is -2.33. The van der Waals surface area contributed by atoms with Crippen molar-refractivity contribution >= 4 is 29.5 Å². The van der Waals surface area contributed by atoms with Gasteiger partial charge in [0, 0.05) is 38.5 Å². The second-order valence-corrected chi connectivity index (χ2v) is 8.91. The number of thioether (sulfide) groups is 1. The van der Waals surface area contributed by atoms with Gasteiger partial charge in [-0.1, -0.05) is 60.7 Å². The molecule has 0 amide bonds. The molecule has 2 aromatic carbocycles. The third-order valence-electron chi connectivity index (χ3n) is 5.56. The molecule has 0 radical (unpaired) electrons. The Hall–Kier alpha value is -3.10. The lowest BCUT2D eigenvalue weighted by atomic mass is 10.2. The minimum Gasteiger partial charge on any atom is -0.465 e. The maximum atomic E-state index is 12.8. The molecule has 0 atom stereocenters. The van der Waals surface area contributed by atoms with Crippen molar-refractivity contribution in [1.82, 2.24) is 14.9 Å². The van der Waals surface area contributed by atoms with Gasteiger partial charge in [0.1, 0.15) is 16.4 Å². The molecule has 33 heavy (non-hydrogen) atoms. The number of nitrogens with zero attached hydrogens (tertiary/aromatic N) is 4. The highest BCUT2D eigenvalue weighted by Crippen LogP contribution is 2.32. The van der Waals surface area contributed by atoms with E-state index in [4.69, 9.17) is 14.7 Å². The Balaban J connectivity index is 1.68. The van der Waals surface area contributed by atoms with E-state index in [0.29, 0.717) is 34.7 Å². The number of likely N-dealkylation sites (N-methyl/N-ethyl adjacent to an activating group) is 1. The van der Waals surface area contributed by atoms with Gasteiger partial charge in [0.05, 0.1) is 7.11 Å². The largest absolute Gasteiger partial charge is 0.465 e. The van der Waals surface area contributed by atoms with Crippen LogP contribution in [0, 0.1) is 0 Å². The van der Waals surface area contributed by atoms with E-state index in [1.165, 1.54) is 18.9 Å². The van der Waals surface area contributed by atoms with Gasteiger partial charge in [0.15, 0.2) is 0 Å². The number of hydrogen-bond acceptors (Lipinski definition) is 8. The van der Waals surface area contributed by atoms with E-state index in [9.17, 15) is 4.79 Å². The van der Waals surface area contributed by atoms with Crippen LogP contribution in [0.4, 0.5) is 11.8 Å². The van der Waals surface area contributed by atoms with Crippen LogP contribution in [0.15, 0.2) is 65.7 Å². The number of methoxy groups -OCH3 is 1. The Kier molecular flexibility index (Phi) is 7.80. The van der Waals surface area contributed by atoms with Crippen LogP contribution in [0.1, 0.15) is 21.5 Å². The third-order valence-corrected chi connectivity index (χ3v) is 6.61. The van der Waals surface area contributed by atoms with Crippen LogP contribution in [0.2, 0.25) is 0 Å². The van der Waals surface area contributed by atoms with Crippen LogP contribution in [0.25, 0.3) is 0 Å². The van der Waals surface area contributed by atoms with Crippen LogP contribution < -0.4 is 10.2 Å². The number of benzene rings is 2. The fraction of sp³-hybridized carbons (Fsp3) is 0.320. The smallest absolute Gasteiger partial charge is 0.344 e. The van der Waals surface area contributed by atoms with E-state index < -0.39 is 5.97 Å². The monoisotopic (exact) mass is 463 g/mol. The summed E-state index contributed by atoms with van der Waals surface area (Å²) in [6.45, 7) is 4.12. The van der Waals surface area contributed by atoms with Crippen molar-refractivity contribution in [1.29, 1.82) is 0 Å². The Morgan fingerprint density at radius 2 is 1.61 bits per heavy atom. The summed E-state index contributed by atoms with van der Waals surface area (Å²) in [4.78, 5) is 26.9. The Labute approximate surface area is 199 Å². The summed E-state index contributed by atoms with van der Waals surface area (Å²) in [6.07, 6.45) is 0. The molecule has 1 aromatic heterocycles. The molecule has 0 unspecified atom stereocenters. The zero-order chi connectivity index (χ0) is 23.0. The number of rotatable bonds is 8. The normalized spacial score (nSPS) is 14.2. The molecular formula is C25H29N5O2S. The lowest BCUT2D eigenvalue weighted by Crippen LogP contribution is -2.45. The molecular weight excluding hydrogens is 434 g/mol. The Morgan fingerprint density at radius 3 is 2.24 bits per heavy atom. The van der Waals surface area contributed by atoms with Gasteiger partial charge in [-0.2, -0.15) is 4.98 Å². The fourth-order valence-corrected chi connectivity index (χ4v) is 4.57. The molecule has 4 rings (SSSR count). The molecule has 1 aliphatic heterocycles. The number of carbonyl (C=O) groups is 1. The molecule has 1 fully saturated rings. The maximum Gasteiger partial charge on any atom is 0.344 e. The molecule has 0 aliphatic carbocycles. The van der Waals surface area contributed by atoms with Gasteiger partial charge in [-0.25, -0.2) is 9.78 Å². The van der Waals surface area contributed by atoms with Crippen molar-refractivity contribution in [3.63, 3.8) is 0 Å². The van der Waals surface area contributed by atoms with Crippen molar-refractivity contribution in [3.8, 4) is 0 Å². The van der Waals surface area contributed by atoms with E-state index in [0.717, 1.165) is 37.3 Å². The van der Waals surface area contributed by atoms with Crippen LogP contribution in [-0.4, -0.2) is 61.2 Å². The zero-order valence-corrected chi connectivity index (χ0v) is 19.8. The number of nitrogens with one attached hydrogen (secondary N) is 1. The second-order valence-electron chi connectivity index (χ2n) is 7.95. The fourth-order valence-electron chi connectivity index (χ4n) is 3.60. The highest BCUT2D eigenvalue weighted by molar-refractivity contribution is 7.98. The Morgan fingerprint density at radius 1 is 0.970 bits per heavy atom.